The van der Waals surface area contributed by atoms with Crippen LogP contribution in [-0.4, -0.2) is 21.6 Å². The van der Waals surface area contributed by atoms with E-state index in [-0.39, 0.29) is 23.5 Å². The summed E-state index contributed by atoms with van der Waals surface area (Å²) in [5.74, 6) is -1.62. The zero-order valence-electron chi connectivity index (χ0n) is 16.0. The van der Waals surface area contributed by atoms with Crippen LogP contribution < -0.4 is 10.9 Å². The Morgan fingerprint density at radius 1 is 1.10 bits per heavy atom. The van der Waals surface area contributed by atoms with Crippen molar-refractivity contribution in [1.82, 2.24) is 9.88 Å². The number of nitrogens with one attached hydrogen (secondary N) is 1. The third kappa shape index (κ3) is 3.88. The van der Waals surface area contributed by atoms with Crippen LogP contribution in [0.3, 0.4) is 0 Å². The van der Waals surface area contributed by atoms with Crippen molar-refractivity contribution in [2.75, 3.05) is 0 Å². The Morgan fingerprint density at radius 2 is 1.83 bits per heavy atom. The average molecular weight is 394 g/mol. The van der Waals surface area contributed by atoms with Gasteiger partial charge in [-0.25, -0.2) is 4.39 Å². The van der Waals surface area contributed by atoms with E-state index in [0.717, 1.165) is 43.7 Å². The van der Waals surface area contributed by atoms with E-state index >= 15 is 0 Å². The van der Waals surface area contributed by atoms with Crippen LogP contribution in [0.25, 0.3) is 10.9 Å². The monoisotopic (exact) mass is 394 g/mol. The molecule has 1 aromatic heterocycles. The number of halogens is 1. The molecule has 1 aliphatic rings. The van der Waals surface area contributed by atoms with E-state index in [4.69, 9.17) is 0 Å². The Kier molecular flexibility index (Phi) is 5.34. The van der Waals surface area contributed by atoms with Crippen LogP contribution in [-0.2, 0) is 6.54 Å². The lowest BCUT2D eigenvalue weighted by Gasteiger charge is -2.23. The first kappa shape index (κ1) is 19.2. The summed E-state index contributed by atoms with van der Waals surface area (Å²) in [6.07, 6.45) is 4.90. The van der Waals surface area contributed by atoms with Gasteiger partial charge >= 0.3 is 0 Å². The number of pyridine rings is 1. The minimum atomic E-state index is -0.604. The van der Waals surface area contributed by atoms with Crippen molar-refractivity contribution >= 4 is 16.8 Å². The van der Waals surface area contributed by atoms with Crippen LogP contribution in [0.2, 0.25) is 0 Å². The molecule has 0 unspecified atom stereocenters. The number of carbonyl (C=O) groups is 1. The fraction of sp³-hybridized carbons (Fsp3) is 0.304. The van der Waals surface area contributed by atoms with Crippen LogP contribution in [0.1, 0.15) is 48.0 Å². The summed E-state index contributed by atoms with van der Waals surface area (Å²) in [5.41, 5.74) is 0.333. The lowest BCUT2D eigenvalue weighted by molar-refractivity contribution is 0.0923. The molecule has 150 valence electrons. The van der Waals surface area contributed by atoms with Gasteiger partial charge in [0.2, 0.25) is 0 Å². The first-order chi connectivity index (χ1) is 14.0. The van der Waals surface area contributed by atoms with E-state index in [1.807, 2.05) is 30.3 Å². The van der Waals surface area contributed by atoms with Crippen molar-refractivity contribution in [3.8, 4) is 5.75 Å². The fourth-order valence-corrected chi connectivity index (χ4v) is 4.05. The van der Waals surface area contributed by atoms with E-state index in [2.05, 4.69) is 5.32 Å². The maximum Gasteiger partial charge on any atom is 0.268 e. The number of aromatic hydroxyl groups is 1. The number of aromatic nitrogens is 1. The highest BCUT2D eigenvalue weighted by Crippen LogP contribution is 2.28. The zero-order valence-corrected chi connectivity index (χ0v) is 16.0. The topological polar surface area (TPSA) is 71.3 Å². The van der Waals surface area contributed by atoms with E-state index in [1.165, 1.54) is 16.7 Å². The van der Waals surface area contributed by atoms with E-state index < -0.39 is 23.0 Å². The summed E-state index contributed by atoms with van der Waals surface area (Å²) in [4.78, 5) is 26.1. The van der Waals surface area contributed by atoms with Crippen molar-refractivity contribution in [3.63, 3.8) is 0 Å². The van der Waals surface area contributed by atoms with Gasteiger partial charge in [0.1, 0.15) is 17.1 Å². The molecule has 0 radical (unpaired) electrons. The lowest BCUT2D eigenvalue weighted by atomic mass is 9.95. The number of carbonyl (C=O) groups excluding carboxylic acids is 1. The van der Waals surface area contributed by atoms with Crippen molar-refractivity contribution in [2.45, 2.75) is 44.7 Å². The summed E-state index contributed by atoms with van der Waals surface area (Å²) in [6.45, 7) is 0.214. The third-order valence-electron chi connectivity index (χ3n) is 5.55. The number of fused-ring (bicyclic) bond motifs is 1. The smallest absolute Gasteiger partial charge is 0.268 e. The molecule has 1 heterocycles. The van der Waals surface area contributed by atoms with Gasteiger partial charge in [0, 0.05) is 11.4 Å². The molecule has 6 heteroatoms. The number of amides is 1. The van der Waals surface area contributed by atoms with Gasteiger partial charge in [-0.1, -0.05) is 49.6 Å². The molecular formula is C23H23FN2O3. The van der Waals surface area contributed by atoms with Gasteiger partial charge in [0.15, 0.2) is 0 Å². The molecular weight excluding hydrogens is 371 g/mol. The summed E-state index contributed by atoms with van der Waals surface area (Å²) in [7, 11) is 0. The minimum Gasteiger partial charge on any atom is -0.506 e. The summed E-state index contributed by atoms with van der Waals surface area (Å²) < 4.78 is 15.3. The molecule has 3 aromatic rings. The second-order valence-corrected chi connectivity index (χ2v) is 7.57. The normalized spacial score (nSPS) is 14.8. The van der Waals surface area contributed by atoms with Gasteiger partial charge < -0.3 is 15.0 Å². The minimum absolute atomic E-state index is 0.0131. The van der Waals surface area contributed by atoms with Crippen molar-refractivity contribution < 1.29 is 14.3 Å². The van der Waals surface area contributed by atoms with Crippen LogP contribution in [0.5, 0.6) is 5.75 Å². The SMILES string of the molecule is O=C(NC1CCCCC1)c1c(O)c2cc(F)ccc2n(Cc2ccccc2)c1=O. The Labute approximate surface area is 167 Å². The predicted octanol–water partition coefficient (Wildman–Crippen LogP) is 3.96. The second-order valence-electron chi connectivity index (χ2n) is 7.57. The molecule has 0 spiro atoms. The van der Waals surface area contributed by atoms with Crippen LogP contribution in [0.15, 0.2) is 53.3 Å². The van der Waals surface area contributed by atoms with Gasteiger partial charge in [-0.2, -0.15) is 0 Å². The number of nitrogens with zero attached hydrogens (tertiary/aromatic N) is 1. The van der Waals surface area contributed by atoms with Crippen molar-refractivity contribution in [1.29, 1.82) is 0 Å². The summed E-state index contributed by atoms with van der Waals surface area (Å²) >= 11 is 0. The first-order valence-electron chi connectivity index (χ1n) is 9.94. The molecule has 2 N–H and O–H groups in total. The predicted molar refractivity (Wildman–Crippen MR) is 110 cm³/mol. The van der Waals surface area contributed by atoms with E-state index in [1.54, 1.807) is 0 Å². The number of hydrogen-bond acceptors (Lipinski definition) is 3. The molecule has 4 rings (SSSR count). The highest BCUT2D eigenvalue weighted by Gasteiger charge is 2.25. The Bertz CT molecular complexity index is 1100. The van der Waals surface area contributed by atoms with Crippen LogP contribution in [0, 0.1) is 5.82 Å². The number of benzene rings is 2. The van der Waals surface area contributed by atoms with Crippen molar-refractivity contribution in [2.24, 2.45) is 0 Å². The van der Waals surface area contributed by atoms with Crippen LogP contribution >= 0.6 is 0 Å². The quantitative estimate of drug-likeness (QED) is 0.704. The molecule has 1 saturated carbocycles. The maximum atomic E-state index is 13.9. The highest BCUT2D eigenvalue weighted by atomic mass is 19.1. The van der Waals surface area contributed by atoms with Gasteiger partial charge in [0.25, 0.3) is 11.5 Å². The molecule has 1 aliphatic carbocycles. The first-order valence-corrected chi connectivity index (χ1v) is 9.94. The Balaban J connectivity index is 1.83. The zero-order chi connectivity index (χ0) is 20.4. The van der Waals surface area contributed by atoms with Gasteiger partial charge in [-0.15, -0.1) is 0 Å². The summed E-state index contributed by atoms with van der Waals surface area (Å²) in [5, 5.41) is 13.7. The Morgan fingerprint density at radius 3 is 2.55 bits per heavy atom. The van der Waals surface area contributed by atoms with Gasteiger partial charge in [0.05, 0.1) is 12.1 Å². The standard InChI is InChI=1S/C23H23FN2O3/c24-16-11-12-19-18(13-16)21(27)20(22(28)25-17-9-5-2-6-10-17)23(29)26(19)14-15-7-3-1-4-8-15/h1,3-4,7-8,11-13,17,27H,2,5-6,9-10,14H2,(H,25,28). The lowest BCUT2D eigenvalue weighted by Crippen LogP contribution is -2.40. The second kappa shape index (κ2) is 8.07. The maximum absolute atomic E-state index is 13.9. The fourth-order valence-electron chi connectivity index (χ4n) is 4.05. The van der Waals surface area contributed by atoms with E-state index in [0.29, 0.717) is 5.52 Å². The van der Waals surface area contributed by atoms with Gasteiger partial charge in [-0.3, -0.25) is 9.59 Å². The molecule has 0 aliphatic heterocycles. The molecule has 0 saturated heterocycles. The molecule has 1 fully saturated rings. The summed E-state index contributed by atoms with van der Waals surface area (Å²) in [6, 6.07) is 13.2. The van der Waals surface area contributed by atoms with Gasteiger partial charge in [-0.05, 0) is 36.6 Å². The average Bonchev–Trinajstić information content (AvgIpc) is 2.73. The largest absolute Gasteiger partial charge is 0.506 e. The molecule has 1 amide bonds. The molecule has 2 aromatic carbocycles. The van der Waals surface area contributed by atoms with Crippen molar-refractivity contribution in [3.05, 3.63) is 75.8 Å². The highest BCUT2D eigenvalue weighted by molar-refractivity contribution is 6.02. The molecule has 29 heavy (non-hydrogen) atoms. The molecule has 0 bridgehead atoms. The molecule has 5 nitrogen and oxygen atoms in total. The Hall–Kier alpha value is -3.15. The number of rotatable bonds is 4. The van der Waals surface area contributed by atoms with Crippen LogP contribution in [0.4, 0.5) is 4.39 Å². The third-order valence-corrected chi connectivity index (χ3v) is 5.55. The number of hydrogen-bond donors (Lipinski definition) is 2. The molecule has 0 atom stereocenters. The van der Waals surface area contributed by atoms with E-state index in [9.17, 15) is 19.1 Å².